The molecule has 28 heavy (non-hydrogen) atoms. The third-order valence-electron chi connectivity index (χ3n) is 3.68. The van der Waals surface area contributed by atoms with Gasteiger partial charge in [-0.25, -0.2) is 0 Å². The van der Waals surface area contributed by atoms with E-state index in [9.17, 15) is 19.7 Å². The van der Waals surface area contributed by atoms with E-state index in [-0.39, 0.29) is 23.7 Å². The minimum Gasteiger partial charge on any atom is -0.320 e. The molecule has 1 atom stereocenters. The van der Waals surface area contributed by atoms with Crippen LogP contribution in [-0.4, -0.2) is 33.4 Å². The van der Waals surface area contributed by atoms with Gasteiger partial charge < -0.3 is 10.6 Å². The van der Waals surface area contributed by atoms with Crippen molar-refractivity contribution in [1.29, 1.82) is 0 Å². The van der Waals surface area contributed by atoms with E-state index in [0.29, 0.717) is 5.17 Å². The average Bonchev–Trinajstić information content (AvgIpc) is 3.02. The van der Waals surface area contributed by atoms with Crippen LogP contribution in [0, 0.1) is 10.1 Å². The SMILES string of the molecule is O=C(CC1S/C(=N/N=C\c2ccccc2)NC1=O)Nc1ccccc1[N+](=O)[O-]. The van der Waals surface area contributed by atoms with E-state index >= 15 is 0 Å². The molecule has 0 bridgehead atoms. The normalized spacial score (nSPS) is 17.6. The molecule has 9 nitrogen and oxygen atoms in total. The van der Waals surface area contributed by atoms with Gasteiger partial charge in [0.15, 0.2) is 5.17 Å². The molecule has 0 spiro atoms. The second-order valence-electron chi connectivity index (χ2n) is 5.68. The molecule has 142 valence electrons. The van der Waals surface area contributed by atoms with Gasteiger partial charge in [-0.15, -0.1) is 5.10 Å². The first-order valence-corrected chi connectivity index (χ1v) is 9.08. The number of amidine groups is 1. The number of anilines is 1. The quantitative estimate of drug-likeness (QED) is 0.440. The second-order valence-corrected chi connectivity index (χ2v) is 6.87. The first kappa shape index (κ1) is 19.2. The molecule has 1 heterocycles. The Morgan fingerprint density at radius 1 is 1.21 bits per heavy atom. The highest BCUT2D eigenvalue weighted by Gasteiger charge is 2.32. The Labute approximate surface area is 164 Å². The highest BCUT2D eigenvalue weighted by molar-refractivity contribution is 8.15. The number of carbonyl (C=O) groups excluding carboxylic acids is 2. The van der Waals surface area contributed by atoms with E-state index in [2.05, 4.69) is 20.8 Å². The molecule has 2 N–H and O–H groups in total. The minimum absolute atomic E-state index is 0.0854. The zero-order chi connectivity index (χ0) is 19.9. The number of amides is 2. The summed E-state index contributed by atoms with van der Waals surface area (Å²) < 4.78 is 0. The van der Waals surface area contributed by atoms with E-state index in [1.807, 2.05) is 30.3 Å². The van der Waals surface area contributed by atoms with Crippen LogP contribution in [0.25, 0.3) is 0 Å². The monoisotopic (exact) mass is 397 g/mol. The zero-order valence-electron chi connectivity index (χ0n) is 14.4. The van der Waals surface area contributed by atoms with Crippen molar-refractivity contribution in [1.82, 2.24) is 5.32 Å². The van der Waals surface area contributed by atoms with Gasteiger partial charge in [0.2, 0.25) is 11.8 Å². The second kappa shape index (κ2) is 8.91. The number of para-hydroxylation sites is 2. The fourth-order valence-corrected chi connectivity index (χ4v) is 3.31. The maximum absolute atomic E-state index is 12.2. The standard InChI is InChI=1S/C18H15N5O4S/c24-16(20-13-8-4-5-9-14(13)23(26)27)10-15-17(25)21-18(28-15)22-19-11-12-6-2-1-3-7-12/h1-9,11,15H,10H2,(H,20,24)(H,21,22,25)/b19-11-. The van der Waals surface area contributed by atoms with E-state index in [4.69, 9.17) is 0 Å². The number of carbonyl (C=O) groups is 2. The fraction of sp³-hybridized carbons (Fsp3) is 0.111. The van der Waals surface area contributed by atoms with Gasteiger partial charge in [-0.1, -0.05) is 54.2 Å². The van der Waals surface area contributed by atoms with E-state index < -0.39 is 16.1 Å². The number of nitrogens with one attached hydrogen (secondary N) is 2. The number of hydrogen-bond donors (Lipinski definition) is 2. The van der Waals surface area contributed by atoms with Crippen LogP contribution in [0.4, 0.5) is 11.4 Å². The topological polar surface area (TPSA) is 126 Å². The van der Waals surface area contributed by atoms with Gasteiger partial charge in [0.25, 0.3) is 5.69 Å². The van der Waals surface area contributed by atoms with Gasteiger partial charge in [0.05, 0.1) is 11.1 Å². The maximum atomic E-state index is 12.2. The molecule has 0 aromatic heterocycles. The van der Waals surface area contributed by atoms with Gasteiger partial charge in [-0.3, -0.25) is 19.7 Å². The molecule has 1 saturated heterocycles. The van der Waals surface area contributed by atoms with Gasteiger partial charge >= 0.3 is 0 Å². The Balaban J connectivity index is 1.59. The largest absolute Gasteiger partial charge is 0.320 e. The highest BCUT2D eigenvalue weighted by atomic mass is 32.2. The highest BCUT2D eigenvalue weighted by Crippen LogP contribution is 2.26. The molecule has 0 radical (unpaired) electrons. The average molecular weight is 397 g/mol. The first-order chi connectivity index (χ1) is 13.5. The molecule has 1 unspecified atom stereocenters. The fourth-order valence-electron chi connectivity index (χ4n) is 2.38. The van der Waals surface area contributed by atoms with Crippen molar-refractivity contribution in [3.05, 3.63) is 70.3 Å². The van der Waals surface area contributed by atoms with Crippen LogP contribution in [-0.2, 0) is 9.59 Å². The molecule has 0 saturated carbocycles. The van der Waals surface area contributed by atoms with Crippen LogP contribution in [0.5, 0.6) is 0 Å². The predicted molar refractivity (Wildman–Crippen MR) is 107 cm³/mol. The lowest BCUT2D eigenvalue weighted by molar-refractivity contribution is -0.383. The summed E-state index contributed by atoms with van der Waals surface area (Å²) in [6, 6.07) is 15.2. The lowest BCUT2D eigenvalue weighted by Gasteiger charge is -2.07. The van der Waals surface area contributed by atoms with Crippen molar-refractivity contribution in [2.45, 2.75) is 11.7 Å². The summed E-state index contributed by atoms with van der Waals surface area (Å²) >= 11 is 1.08. The molecule has 1 fully saturated rings. The van der Waals surface area contributed by atoms with Crippen LogP contribution < -0.4 is 10.6 Å². The number of thioether (sulfide) groups is 1. The zero-order valence-corrected chi connectivity index (χ0v) is 15.3. The molecular weight excluding hydrogens is 382 g/mol. The Kier molecular flexibility index (Phi) is 6.12. The molecule has 1 aliphatic heterocycles. The van der Waals surface area contributed by atoms with Gasteiger partial charge in [0.1, 0.15) is 10.9 Å². The van der Waals surface area contributed by atoms with Crippen molar-refractivity contribution in [3.8, 4) is 0 Å². The number of benzene rings is 2. The van der Waals surface area contributed by atoms with E-state index in [1.54, 1.807) is 12.3 Å². The minimum atomic E-state index is -0.687. The summed E-state index contributed by atoms with van der Waals surface area (Å²) in [4.78, 5) is 34.6. The lowest BCUT2D eigenvalue weighted by atomic mass is 10.2. The third kappa shape index (κ3) is 5.01. The Hall–Kier alpha value is -3.53. The summed E-state index contributed by atoms with van der Waals surface area (Å²) in [7, 11) is 0. The summed E-state index contributed by atoms with van der Waals surface area (Å²) in [5.41, 5.74) is 0.737. The van der Waals surface area contributed by atoms with E-state index in [1.165, 1.54) is 18.2 Å². The first-order valence-electron chi connectivity index (χ1n) is 8.20. The van der Waals surface area contributed by atoms with Crippen LogP contribution in [0.3, 0.4) is 0 Å². The predicted octanol–water partition coefficient (Wildman–Crippen LogP) is 2.55. The Morgan fingerprint density at radius 3 is 2.68 bits per heavy atom. The molecule has 10 heteroatoms. The van der Waals surface area contributed by atoms with Crippen molar-refractivity contribution < 1.29 is 14.5 Å². The molecular formula is C18H15N5O4S. The van der Waals surface area contributed by atoms with E-state index in [0.717, 1.165) is 17.3 Å². The number of hydrogen-bond acceptors (Lipinski definition) is 7. The smallest absolute Gasteiger partial charge is 0.292 e. The van der Waals surface area contributed by atoms with Crippen LogP contribution in [0.1, 0.15) is 12.0 Å². The summed E-state index contributed by atoms with van der Waals surface area (Å²) in [5, 5.41) is 23.5. The molecule has 1 aliphatic rings. The summed E-state index contributed by atoms with van der Waals surface area (Å²) in [6.45, 7) is 0. The van der Waals surface area contributed by atoms with Crippen LogP contribution in [0.15, 0.2) is 64.8 Å². The van der Waals surface area contributed by atoms with Crippen molar-refractivity contribution in [2.24, 2.45) is 10.2 Å². The molecule has 2 aromatic carbocycles. The number of nitrogens with zero attached hydrogens (tertiary/aromatic N) is 3. The van der Waals surface area contributed by atoms with Gasteiger partial charge in [-0.2, -0.15) is 5.10 Å². The van der Waals surface area contributed by atoms with Crippen molar-refractivity contribution >= 4 is 46.3 Å². The van der Waals surface area contributed by atoms with Crippen molar-refractivity contribution in [3.63, 3.8) is 0 Å². The number of nitro benzene ring substituents is 1. The Bertz CT molecular complexity index is 961. The maximum Gasteiger partial charge on any atom is 0.292 e. The molecule has 0 aliphatic carbocycles. The number of rotatable bonds is 6. The third-order valence-corrected chi connectivity index (χ3v) is 4.75. The molecule has 3 rings (SSSR count). The van der Waals surface area contributed by atoms with Gasteiger partial charge in [0, 0.05) is 12.5 Å². The summed E-state index contributed by atoms with van der Waals surface area (Å²) in [6.07, 6.45) is 1.40. The summed E-state index contributed by atoms with van der Waals surface area (Å²) in [5.74, 6) is -0.868. The van der Waals surface area contributed by atoms with Crippen LogP contribution >= 0.6 is 11.8 Å². The van der Waals surface area contributed by atoms with Crippen molar-refractivity contribution in [2.75, 3.05) is 5.32 Å². The Morgan fingerprint density at radius 2 is 1.93 bits per heavy atom. The lowest BCUT2D eigenvalue weighted by Crippen LogP contribution is -2.28. The van der Waals surface area contributed by atoms with Gasteiger partial charge in [-0.05, 0) is 11.6 Å². The molecule has 2 aromatic rings. The van der Waals surface area contributed by atoms with Crippen LogP contribution in [0.2, 0.25) is 0 Å². The number of nitro groups is 1. The molecule has 2 amide bonds.